The molecule has 2 nitrogen and oxygen atoms in total. The maximum Gasteiger partial charge on any atom is 0.0934 e. The van der Waals surface area contributed by atoms with Gasteiger partial charge in [0.1, 0.15) is 0 Å². The minimum atomic E-state index is 0.379. The third-order valence-corrected chi connectivity index (χ3v) is 5.14. The second-order valence-corrected chi connectivity index (χ2v) is 6.28. The van der Waals surface area contributed by atoms with E-state index >= 15 is 0 Å². The molecule has 1 saturated heterocycles. The average molecular weight is 228 g/mol. The van der Waals surface area contributed by atoms with Crippen LogP contribution >= 0.6 is 23.1 Å². The first kappa shape index (κ1) is 10.5. The zero-order chi connectivity index (χ0) is 10.1. The highest BCUT2D eigenvalue weighted by atomic mass is 32.2. The van der Waals surface area contributed by atoms with Gasteiger partial charge in [0, 0.05) is 23.1 Å². The van der Waals surface area contributed by atoms with Crippen LogP contribution in [0, 0.1) is 19.8 Å². The van der Waals surface area contributed by atoms with Crippen LogP contribution in [0.4, 0.5) is 0 Å². The van der Waals surface area contributed by atoms with Crippen molar-refractivity contribution in [3.8, 4) is 0 Å². The Bertz CT molecular complexity index is 302. The Kier molecular flexibility index (Phi) is 3.14. The number of nitrogens with zero attached hydrogens (tertiary/aromatic N) is 1. The van der Waals surface area contributed by atoms with Crippen molar-refractivity contribution >= 4 is 23.1 Å². The van der Waals surface area contributed by atoms with Crippen LogP contribution in [-0.2, 0) is 6.42 Å². The molecule has 1 aromatic heterocycles. The van der Waals surface area contributed by atoms with Crippen molar-refractivity contribution in [1.29, 1.82) is 0 Å². The summed E-state index contributed by atoms with van der Waals surface area (Å²) in [6.45, 7) is 4.22. The maximum absolute atomic E-state index is 6.03. The number of hydrogen-bond acceptors (Lipinski definition) is 4. The predicted octanol–water partition coefficient (Wildman–Crippen LogP) is 1.99. The molecule has 14 heavy (non-hydrogen) atoms. The number of thiazole rings is 1. The fourth-order valence-corrected chi connectivity index (χ4v) is 4.05. The molecule has 0 saturated carbocycles. The molecule has 2 heterocycles. The Morgan fingerprint density at radius 3 is 2.71 bits per heavy atom. The highest BCUT2D eigenvalue weighted by Crippen LogP contribution is 2.28. The predicted molar refractivity (Wildman–Crippen MR) is 64.1 cm³/mol. The summed E-state index contributed by atoms with van der Waals surface area (Å²) in [5, 5.41) is 1.27. The van der Waals surface area contributed by atoms with Gasteiger partial charge in [0.25, 0.3) is 0 Å². The molecule has 2 rings (SSSR count). The molecule has 1 aliphatic heterocycles. The lowest BCUT2D eigenvalue weighted by Gasteiger charge is -2.11. The molecule has 4 heteroatoms. The third-order valence-electron chi connectivity index (χ3n) is 2.76. The molecule has 1 aromatic rings. The van der Waals surface area contributed by atoms with E-state index < -0.39 is 0 Å². The molecule has 1 aliphatic rings. The second kappa shape index (κ2) is 4.21. The Morgan fingerprint density at radius 2 is 2.21 bits per heavy atom. The van der Waals surface area contributed by atoms with Crippen LogP contribution in [0.1, 0.15) is 15.6 Å². The van der Waals surface area contributed by atoms with Crippen LogP contribution < -0.4 is 5.73 Å². The number of hydrogen-bond donors (Lipinski definition) is 1. The normalized spacial score (nSPS) is 27.1. The lowest BCUT2D eigenvalue weighted by molar-refractivity contribution is 0.514. The van der Waals surface area contributed by atoms with Crippen LogP contribution in [0.15, 0.2) is 0 Å². The number of thioether (sulfide) groups is 1. The molecular weight excluding hydrogens is 212 g/mol. The summed E-state index contributed by atoms with van der Waals surface area (Å²) < 4.78 is 0. The van der Waals surface area contributed by atoms with Crippen LogP contribution in [-0.4, -0.2) is 22.5 Å². The van der Waals surface area contributed by atoms with E-state index in [2.05, 4.69) is 18.8 Å². The number of aromatic nitrogens is 1. The molecule has 2 atom stereocenters. The summed E-state index contributed by atoms with van der Waals surface area (Å²) in [5.41, 5.74) is 7.21. The Hall–Kier alpha value is -0.0600. The van der Waals surface area contributed by atoms with Crippen molar-refractivity contribution in [2.75, 3.05) is 11.5 Å². The number of nitrogens with two attached hydrogens (primary N) is 1. The summed E-state index contributed by atoms with van der Waals surface area (Å²) in [4.78, 5) is 5.91. The minimum absolute atomic E-state index is 0.379. The highest BCUT2D eigenvalue weighted by Gasteiger charge is 2.25. The first-order valence-electron chi connectivity index (χ1n) is 4.93. The van der Waals surface area contributed by atoms with Gasteiger partial charge in [0.2, 0.25) is 0 Å². The van der Waals surface area contributed by atoms with E-state index in [0.29, 0.717) is 12.0 Å². The van der Waals surface area contributed by atoms with Crippen molar-refractivity contribution in [3.05, 3.63) is 15.6 Å². The Morgan fingerprint density at radius 1 is 1.43 bits per heavy atom. The molecule has 0 spiro atoms. The first-order chi connectivity index (χ1) is 6.66. The van der Waals surface area contributed by atoms with Gasteiger partial charge in [-0.3, -0.25) is 0 Å². The largest absolute Gasteiger partial charge is 0.327 e. The topological polar surface area (TPSA) is 38.9 Å². The standard InChI is InChI=1S/C10H16N2S2/c1-6-7(2)14-10(12-6)3-8-4-13-5-9(8)11/h8-9H,3-5,11H2,1-2H3. The van der Waals surface area contributed by atoms with Gasteiger partial charge in [0.15, 0.2) is 0 Å². The van der Waals surface area contributed by atoms with Gasteiger partial charge in [-0.15, -0.1) is 11.3 Å². The smallest absolute Gasteiger partial charge is 0.0934 e. The van der Waals surface area contributed by atoms with Gasteiger partial charge in [-0.2, -0.15) is 11.8 Å². The van der Waals surface area contributed by atoms with E-state index in [1.54, 1.807) is 0 Å². The van der Waals surface area contributed by atoms with Crippen molar-refractivity contribution in [2.45, 2.75) is 26.3 Å². The van der Waals surface area contributed by atoms with E-state index in [1.165, 1.54) is 21.3 Å². The van der Waals surface area contributed by atoms with Crippen LogP contribution in [0.5, 0.6) is 0 Å². The molecular formula is C10H16N2S2. The highest BCUT2D eigenvalue weighted by molar-refractivity contribution is 7.99. The molecule has 2 N–H and O–H groups in total. The molecule has 0 amide bonds. The molecule has 1 fully saturated rings. The lowest BCUT2D eigenvalue weighted by atomic mass is 10.0. The summed E-state index contributed by atoms with van der Waals surface area (Å²) >= 11 is 3.80. The monoisotopic (exact) mass is 228 g/mol. The van der Waals surface area contributed by atoms with E-state index in [-0.39, 0.29) is 0 Å². The summed E-state index contributed by atoms with van der Waals surface area (Å²) in [5.74, 6) is 2.97. The fraction of sp³-hybridized carbons (Fsp3) is 0.700. The summed E-state index contributed by atoms with van der Waals surface area (Å²) in [6, 6.07) is 0.379. The van der Waals surface area contributed by atoms with Crippen molar-refractivity contribution in [3.63, 3.8) is 0 Å². The van der Waals surface area contributed by atoms with Crippen LogP contribution in [0.3, 0.4) is 0 Å². The zero-order valence-corrected chi connectivity index (χ0v) is 10.3. The van der Waals surface area contributed by atoms with Gasteiger partial charge in [0.05, 0.1) is 10.7 Å². The average Bonchev–Trinajstić information content (AvgIpc) is 2.63. The van der Waals surface area contributed by atoms with Gasteiger partial charge in [-0.1, -0.05) is 0 Å². The molecule has 0 radical (unpaired) electrons. The van der Waals surface area contributed by atoms with E-state index in [4.69, 9.17) is 5.73 Å². The van der Waals surface area contributed by atoms with Gasteiger partial charge in [-0.05, 0) is 25.5 Å². The van der Waals surface area contributed by atoms with Crippen molar-refractivity contribution in [1.82, 2.24) is 4.98 Å². The van der Waals surface area contributed by atoms with Gasteiger partial charge in [-0.25, -0.2) is 4.98 Å². The Labute approximate surface area is 93.3 Å². The van der Waals surface area contributed by atoms with Gasteiger partial charge < -0.3 is 5.73 Å². The minimum Gasteiger partial charge on any atom is -0.327 e. The molecule has 0 aliphatic carbocycles. The van der Waals surface area contributed by atoms with Crippen molar-refractivity contribution < 1.29 is 0 Å². The Balaban J connectivity index is 2.03. The van der Waals surface area contributed by atoms with E-state index in [1.807, 2.05) is 23.1 Å². The molecule has 2 unspecified atom stereocenters. The lowest BCUT2D eigenvalue weighted by Crippen LogP contribution is -2.29. The number of rotatable bonds is 2. The van der Waals surface area contributed by atoms with Gasteiger partial charge >= 0.3 is 0 Å². The summed E-state index contributed by atoms with van der Waals surface area (Å²) in [6.07, 6.45) is 1.08. The molecule has 0 bridgehead atoms. The summed E-state index contributed by atoms with van der Waals surface area (Å²) in [7, 11) is 0. The van der Waals surface area contributed by atoms with Crippen molar-refractivity contribution in [2.24, 2.45) is 11.7 Å². The van der Waals surface area contributed by atoms with E-state index in [9.17, 15) is 0 Å². The van der Waals surface area contributed by atoms with Crippen LogP contribution in [0.2, 0.25) is 0 Å². The second-order valence-electron chi connectivity index (χ2n) is 3.91. The third kappa shape index (κ3) is 2.12. The first-order valence-corrected chi connectivity index (χ1v) is 6.90. The molecule has 0 aromatic carbocycles. The molecule has 78 valence electrons. The van der Waals surface area contributed by atoms with Crippen LogP contribution in [0.25, 0.3) is 0 Å². The van der Waals surface area contributed by atoms with E-state index in [0.717, 1.165) is 12.2 Å². The fourth-order valence-electron chi connectivity index (χ4n) is 1.68. The SMILES string of the molecule is Cc1nc(CC2CSCC2N)sc1C. The number of aryl methyl sites for hydroxylation is 2. The quantitative estimate of drug-likeness (QED) is 0.841. The maximum atomic E-state index is 6.03. The zero-order valence-electron chi connectivity index (χ0n) is 8.62.